The van der Waals surface area contributed by atoms with Crippen molar-refractivity contribution in [2.24, 2.45) is 0 Å². The lowest BCUT2D eigenvalue weighted by atomic mass is 10.2. The summed E-state index contributed by atoms with van der Waals surface area (Å²) in [6.07, 6.45) is 2.10. The molecular formula is C18H28ClN5O2. The summed E-state index contributed by atoms with van der Waals surface area (Å²) in [4.78, 5) is 27.6. The smallest absolute Gasteiger partial charge is 0.410 e. The zero-order valence-electron chi connectivity index (χ0n) is 16.0. The third kappa shape index (κ3) is 4.50. The van der Waals surface area contributed by atoms with Gasteiger partial charge in [-0.2, -0.15) is 4.98 Å². The Labute approximate surface area is 160 Å². The highest BCUT2D eigenvalue weighted by atomic mass is 35.5. The van der Waals surface area contributed by atoms with Crippen LogP contribution in [0.1, 0.15) is 40.5 Å². The minimum Gasteiger partial charge on any atom is -0.444 e. The molecule has 2 fully saturated rings. The number of nitrogens with zero attached hydrogens (tertiary/aromatic N) is 5. The van der Waals surface area contributed by atoms with Gasteiger partial charge in [-0.1, -0.05) is 11.6 Å². The molecule has 1 aromatic heterocycles. The van der Waals surface area contributed by atoms with E-state index in [9.17, 15) is 4.79 Å². The molecule has 2 aliphatic rings. The second-order valence-corrected chi connectivity index (χ2v) is 8.40. The van der Waals surface area contributed by atoms with E-state index in [0.717, 1.165) is 18.9 Å². The van der Waals surface area contributed by atoms with Crippen LogP contribution in [0, 0.1) is 0 Å². The average Bonchev–Trinajstić information content (AvgIpc) is 3.07. The summed E-state index contributed by atoms with van der Waals surface area (Å²) in [7, 11) is 0. The van der Waals surface area contributed by atoms with Gasteiger partial charge in [0.25, 0.3) is 0 Å². The number of carbonyl (C=O) groups is 1. The van der Waals surface area contributed by atoms with Gasteiger partial charge in [-0.3, -0.25) is 0 Å². The molecule has 144 valence electrons. The van der Waals surface area contributed by atoms with Crippen molar-refractivity contribution in [1.82, 2.24) is 14.9 Å². The van der Waals surface area contributed by atoms with Gasteiger partial charge in [0.15, 0.2) is 0 Å². The fourth-order valence-electron chi connectivity index (χ4n) is 3.38. The molecule has 3 rings (SSSR count). The van der Waals surface area contributed by atoms with Gasteiger partial charge in [0.05, 0.1) is 0 Å². The van der Waals surface area contributed by atoms with Crippen LogP contribution < -0.4 is 9.80 Å². The van der Waals surface area contributed by atoms with Crippen molar-refractivity contribution in [2.75, 3.05) is 42.5 Å². The van der Waals surface area contributed by atoms with Crippen LogP contribution in [-0.4, -0.2) is 65.3 Å². The van der Waals surface area contributed by atoms with Crippen molar-refractivity contribution in [3.05, 3.63) is 11.2 Å². The van der Waals surface area contributed by atoms with Gasteiger partial charge in [-0.25, -0.2) is 9.78 Å². The summed E-state index contributed by atoms with van der Waals surface area (Å²) in [5.74, 6) is 1.52. The summed E-state index contributed by atoms with van der Waals surface area (Å²) in [6.45, 7) is 11.5. The predicted octanol–water partition coefficient (Wildman–Crippen LogP) is 3.18. The van der Waals surface area contributed by atoms with Gasteiger partial charge < -0.3 is 19.4 Å². The van der Waals surface area contributed by atoms with Gasteiger partial charge in [0.2, 0.25) is 5.95 Å². The summed E-state index contributed by atoms with van der Waals surface area (Å²) >= 11 is 6.26. The van der Waals surface area contributed by atoms with Crippen molar-refractivity contribution in [3.8, 4) is 0 Å². The van der Waals surface area contributed by atoms with Crippen LogP contribution >= 0.6 is 11.6 Å². The first kappa shape index (κ1) is 19.0. The topological polar surface area (TPSA) is 61.8 Å². The van der Waals surface area contributed by atoms with Crippen molar-refractivity contribution in [2.45, 2.75) is 52.2 Å². The number of hydrogen-bond donors (Lipinski definition) is 0. The van der Waals surface area contributed by atoms with Crippen LogP contribution in [0.5, 0.6) is 0 Å². The Hall–Kier alpha value is -1.76. The Bertz CT molecular complexity index is 657. The number of amides is 1. The molecule has 0 unspecified atom stereocenters. The highest BCUT2D eigenvalue weighted by Gasteiger charge is 2.31. The second-order valence-electron chi connectivity index (χ2n) is 8.01. The fourth-order valence-corrected chi connectivity index (χ4v) is 3.55. The summed E-state index contributed by atoms with van der Waals surface area (Å²) in [5.41, 5.74) is -0.488. The molecule has 1 atom stereocenters. The molecule has 7 nitrogen and oxygen atoms in total. The minimum atomic E-state index is -0.488. The zero-order chi connectivity index (χ0) is 18.9. The number of anilines is 2. The Morgan fingerprint density at radius 1 is 1.19 bits per heavy atom. The first-order valence-electron chi connectivity index (χ1n) is 9.27. The van der Waals surface area contributed by atoms with Gasteiger partial charge >= 0.3 is 6.09 Å². The third-order valence-electron chi connectivity index (χ3n) is 4.64. The first-order chi connectivity index (χ1) is 12.2. The highest BCUT2D eigenvalue weighted by Crippen LogP contribution is 2.26. The first-order valence-corrected chi connectivity index (χ1v) is 9.65. The van der Waals surface area contributed by atoms with E-state index in [1.165, 1.54) is 12.8 Å². The fraction of sp³-hybridized carbons (Fsp3) is 0.722. The molecule has 0 aromatic carbocycles. The van der Waals surface area contributed by atoms with Crippen molar-refractivity contribution < 1.29 is 9.53 Å². The lowest BCUT2D eigenvalue weighted by Gasteiger charge is -2.40. The lowest BCUT2D eigenvalue weighted by molar-refractivity contribution is 0.0218. The maximum absolute atomic E-state index is 12.3. The van der Waals surface area contributed by atoms with Gasteiger partial charge in [0, 0.05) is 44.8 Å². The quantitative estimate of drug-likeness (QED) is 0.733. The van der Waals surface area contributed by atoms with E-state index in [-0.39, 0.29) is 12.1 Å². The van der Waals surface area contributed by atoms with Crippen molar-refractivity contribution in [1.29, 1.82) is 0 Å². The molecule has 0 saturated carbocycles. The highest BCUT2D eigenvalue weighted by molar-refractivity contribution is 6.29. The lowest BCUT2D eigenvalue weighted by Crippen LogP contribution is -2.55. The largest absolute Gasteiger partial charge is 0.444 e. The van der Waals surface area contributed by atoms with E-state index < -0.39 is 5.60 Å². The molecule has 1 aromatic rings. The molecule has 2 saturated heterocycles. The SMILES string of the molecule is C[C@H]1CN(C(=O)OC(C)(C)C)CCN1c1nc(Cl)cc(N2CCCC2)n1. The van der Waals surface area contributed by atoms with Crippen molar-refractivity contribution in [3.63, 3.8) is 0 Å². The van der Waals surface area contributed by atoms with Crippen LogP contribution in [0.4, 0.5) is 16.6 Å². The Balaban J connectivity index is 1.70. The van der Waals surface area contributed by atoms with Crippen LogP contribution in [0.2, 0.25) is 5.15 Å². The van der Waals surface area contributed by atoms with E-state index in [2.05, 4.69) is 21.7 Å². The van der Waals surface area contributed by atoms with Crippen LogP contribution in [0.3, 0.4) is 0 Å². The normalized spacial score (nSPS) is 21.3. The Kier molecular flexibility index (Phi) is 5.46. The molecule has 2 aliphatic heterocycles. The Morgan fingerprint density at radius 3 is 2.50 bits per heavy atom. The molecule has 0 aliphatic carbocycles. The molecular weight excluding hydrogens is 354 g/mol. The Morgan fingerprint density at radius 2 is 1.88 bits per heavy atom. The van der Waals surface area contributed by atoms with E-state index in [0.29, 0.717) is 30.7 Å². The van der Waals surface area contributed by atoms with E-state index in [1.54, 1.807) is 4.90 Å². The van der Waals surface area contributed by atoms with Gasteiger partial charge in [-0.05, 0) is 40.5 Å². The molecule has 0 bridgehead atoms. The second kappa shape index (κ2) is 7.47. The number of piperazine rings is 1. The van der Waals surface area contributed by atoms with E-state index >= 15 is 0 Å². The van der Waals surface area contributed by atoms with Crippen LogP contribution in [0.15, 0.2) is 6.07 Å². The molecule has 0 spiro atoms. The van der Waals surface area contributed by atoms with Crippen LogP contribution in [0.25, 0.3) is 0 Å². The molecule has 26 heavy (non-hydrogen) atoms. The number of hydrogen-bond acceptors (Lipinski definition) is 6. The average molecular weight is 382 g/mol. The van der Waals surface area contributed by atoms with E-state index in [4.69, 9.17) is 21.3 Å². The molecule has 0 N–H and O–H groups in total. The molecule has 0 radical (unpaired) electrons. The van der Waals surface area contributed by atoms with Crippen LogP contribution in [-0.2, 0) is 4.74 Å². The maximum Gasteiger partial charge on any atom is 0.410 e. The maximum atomic E-state index is 12.3. The predicted molar refractivity (Wildman–Crippen MR) is 103 cm³/mol. The number of ether oxygens (including phenoxy) is 1. The number of carbonyl (C=O) groups excluding carboxylic acids is 1. The summed E-state index contributed by atoms with van der Waals surface area (Å²) in [5, 5.41) is 0.457. The standard InChI is InChI=1S/C18H28ClN5O2/c1-13-12-23(17(25)26-18(2,3)4)9-10-24(13)16-20-14(19)11-15(21-16)22-7-5-6-8-22/h11,13H,5-10,12H2,1-4H3/t13-/m0/s1. The number of aromatic nitrogens is 2. The van der Waals surface area contributed by atoms with E-state index in [1.807, 2.05) is 26.8 Å². The molecule has 1 amide bonds. The van der Waals surface area contributed by atoms with Gasteiger partial charge in [-0.15, -0.1) is 0 Å². The van der Waals surface area contributed by atoms with Crippen molar-refractivity contribution >= 4 is 29.5 Å². The summed E-state index contributed by atoms with van der Waals surface area (Å²) in [6, 6.07) is 1.92. The summed E-state index contributed by atoms with van der Waals surface area (Å²) < 4.78 is 5.48. The molecule has 8 heteroatoms. The zero-order valence-corrected chi connectivity index (χ0v) is 16.8. The molecule has 3 heterocycles. The number of rotatable bonds is 2. The minimum absolute atomic E-state index is 0.0844. The van der Waals surface area contributed by atoms with Gasteiger partial charge in [0.1, 0.15) is 16.6 Å². The third-order valence-corrected chi connectivity index (χ3v) is 4.83. The number of halogens is 1. The monoisotopic (exact) mass is 381 g/mol.